The molecule has 0 atom stereocenters. The molecule has 0 aromatic heterocycles. The first-order valence-corrected chi connectivity index (χ1v) is 6.92. The maximum Gasteiger partial charge on any atom is 0.141 e. The molecule has 102 valence electrons. The first kappa shape index (κ1) is 15.4. The highest BCUT2D eigenvalue weighted by atomic mass is 35.5. The van der Waals surface area contributed by atoms with Gasteiger partial charge in [0.2, 0.25) is 0 Å². The number of benzene rings is 1. The summed E-state index contributed by atoms with van der Waals surface area (Å²) in [5.41, 5.74) is 1.01. The van der Waals surface area contributed by atoms with Crippen LogP contribution in [0.1, 0.15) is 25.8 Å². The molecule has 2 nitrogen and oxygen atoms in total. The fourth-order valence-corrected chi connectivity index (χ4v) is 2.07. The summed E-state index contributed by atoms with van der Waals surface area (Å²) < 4.78 is 13.0. The summed E-state index contributed by atoms with van der Waals surface area (Å²) in [7, 11) is 0. The lowest BCUT2D eigenvalue weighted by Gasteiger charge is -2.19. The van der Waals surface area contributed by atoms with E-state index in [0.29, 0.717) is 0 Å². The van der Waals surface area contributed by atoms with Gasteiger partial charge < -0.3 is 10.2 Å². The Morgan fingerprint density at radius 1 is 1.28 bits per heavy atom. The Labute approximate surface area is 114 Å². The molecule has 0 heterocycles. The molecule has 0 radical (unpaired) electrons. The molecule has 0 bridgehead atoms. The number of nitrogens with one attached hydrogen (secondary N) is 1. The van der Waals surface area contributed by atoms with E-state index in [1.807, 2.05) is 0 Å². The molecule has 0 saturated heterocycles. The van der Waals surface area contributed by atoms with Crippen molar-refractivity contribution in [3.05, 3.63) is 34.6 Å². The largest absolute Gasteiger partial charge is 0.311 e. The summed E-state index contributed by atoms with van der Waals surface area (Å²) in [4.78, 5) is 2.41. The van der Waals surface area contributed by atoms with Crippen molar-refractivity contribution in [2.45, 2.75) is 26.8 Å². The van der Waals surface area contributed by atoms with E-state index in [1.54, 1.807) is 12.1 Å². The van der Waals surface area contributed by atoms with E-state index >= 15 is 0 Å². The minimum absolute atomic E-state index is 0.190. The van der Waals surface area contributed by atoms with Gasteiger partial charge in [-0.3, -0.25) is 0 Å². The first-order chi connectivity index (χ1) is 8.67. The highest BCUT2D eigenvalue weighted by molar-refractivity contribution is 6.30. The average Bonchev–Trinajstić information content (AvgIpc) is 2.37. The first-order valence-electron chi connectivity index (χ1n) is 6.54. The Morgan fingerprint density at radius 2 is 2.06 bits per heavy atom. The van der Waals surface area contributed by atoms with E-state index < -0.39 is 0 Å². The second-order valence-electron chi connectivity index (χ2n) is 4.36. The molecule has 0 amide bonds. The molecule has 0 aliphatic heterocycles. The molecule has 0 fully saturated rings. The van der Waals surface area contributed by atoms with Gasteiger partial charge in [0.25, 0.3) is 0 Å². The molecule has 1 rings (SSSR count). The lowest BCUT2D eigenvalue weighted by atomic mass is 10.2. The number of halogens is 2. The normalized spacial score (nSPS) is 11.2. The van der Waals surface area contributed by atoms with Crippen molar-refractivity contribution < 1.29 is 4.39 Å². The topological polar surface area (TPSA) is 15.3 Å². The van der Waals surface area contributed by atoms with Gasteiger partial charge >= 0.3 is 0 Å². The zero-order valence-corrected chi connectivity index (χ0v) is 11.9. The van der Waals surface area contributed by atoms with Crippen LogP contribution in [-0.4, -0.2) is 31.1 Å². The fraction of sp³-hybridized carbons (Fsp3) is 0.571. The monoisotopic (exact) mass is 272 g/mol. The predicted molar refractivity (Wildman–Crippen MR) is 75.5 cm³/mol. The number of likely N-dealkylation sites (N-methyl/N-ethyl adjacent to an activating group) is 1. The van der Waals surface area contributed by atoms with E-state index in [0.717, 1.165) is 38.3 Å². The Morgan fingerprint density at radius 3 is 2.67 bits per heavy atom. The Bertz CT molecular complexity index is 358. The van der Waals surface area contributed by atoms with Crippen LogP contribution < -0.4 is 5.32 Å². The third-order valence-electron chi connectivity index (χ3n) is 2.90. The minimum atomic E-state index is -0.361. The number of nitrogens with zero attached hydrogens (tertiary/aromatic N) is 1. The smallest absolute Gasteiger partial charge is 0.141 e. The van der Waals surface area contributed by atoms with Crippen LogP contribution in [0.15, 0.2) is 18.2 Å². The van der Waals surface area contributed by atoms with Crippen LogP contribution in [0, 0.1) is 5.82 Å². The lowest BCUT2D eigenvalue weighted by molar-refractivity contribution is 0.287. The van der Waals surface area contributed by atoms with Gasteiger partial charge in [-0.05, 0) is 37.2 Å². The molecule has 0 spiro atoms. The van der Waals surface area contributed by atoms with E-state index in [4.69, 9.17) is 11.6 Å². The molecule has 1 aromatic carbocycles. The molecular weight excluding hydrogens is 251 g/mol. The number of hydrogen-bond donors (Lipinski definition) is 1. The second-order valence-corrected chi connectivity index (χ2v) is 4.77. The minimum Gasteiger partial charge on any atom is -0.311 e. The number of hydrogen-bond acceptors (Lipinski definition) is 2. The van der Waals surface area contributed by atoms with Crippen LogP contribution in [0.4, 0.5) is 4.39 Å². The molecule has 0 aliphatic carbocycles. The fourth-order valence-electron chi connectivity index (χ4n) is 1.86. The van der Waals surface area contributed by atoms with Crippen LogP contribution in [0.3, 0.4) is 0 Å². The SMILES string of the molecule is CCCN(CC)CCNCc1ccc(F)c(Cl)c1. The van der Waals surface area contributed by atoms with Gasteiger partial charge in [-0.1, -0.05) is 31.5 Å². The van der Waals surface area contributed by atoms with Crippen molar-refractivity contribution in [3.8, 4) is 0 Å². The summed E-state index contributed by atoms with van der Waals surface area (Å²) >= 11 is 5.73. The highest BCUT2D eigenvalue weighted by Crippen LogP contribution is 2.15. The van der Waals surface area contributed by atoms with Crippen LogP contribution >= 0.6 is 11.6 Å². The maximum absolute atomic E-state index is 13.0. The molecule has 0 aliphatic rings. The molecular formula is C14H22ClFN2. The Balaban J connectivity index is 2.26. The van der Waals surface area contributed by atoms with Crippen molar-refractivity contribution in [1.29, 1.82) is 0 Å². The summed E-state index contributed by atoms with van der Waals surface area (Å²) in [6.07, 6.45) is 1.18. The van der Waals surface area contributed by atoms with Crippen molar-refractivity contribution >= 4 is 11.6 Å². The zero-order valence-electron chi connectivity index (χ0n) is 11.2. The van der Waals surface area contributed by atoms with Crippen molar-refractivity contribution in [1.82, 2.24) is 10.2 Å². The summed E-state index contributed by atoms with van der Waals surface area (Å²) in [5, 5.41) is 3.54. The van der Waals surface area contributed by atoms with Gasteiger partial charge in [0.1, 0.15) is 5.82 Å². The lowest BCUT2D eigenvalue weighted by Crippen LogP contribution is -2.32. The zero-order chi connectivity index (χ0) is 13.4. The Kier molecular flexibility index (Phi) is 7.25. The van der Waals surface area contributed by atoms with Crippen LogP contribution in [0.2, 0.25) is 5.02 Å². The highest BCUT2D eigenvalue weighted by Gasteiger charge is 2.02. The van der Waals surface area contributed by atoms with Crippen LogP contribution in [0.25, 0.3) is 0 Å². The summed E-state index contributed by atoms with van der Waals surface area (Å²) in [6, 6.07) is 4.85. The van der Waals surface area contributed by atoms with Crippen molar-refractivity contribution in [2.75, 3.05) is 26.2 Å². The van der Waals surface area contributed by atoms with E-state index in [9.17, 15) is 4.39 Å². The van der Waals surface area contributed by atoms with Gasteiger partial charge in [0.15, 0.2) is 0 Å². The van der Waals surface area contributed by atoms with Gasteiger partial charge in [0, 0.05) is 19.6 Å². The van der Waals surface area contributed by atoms with Crippen LogP contribution in [0.5, 0.6) is 0 Å². The van der Waals surface area contributed by atoms with Gasteiger partial charge in [-0.25, -0.2) is 4.39 Å². The van der Waals surface area contributed by atoms with E-state index in [2.05, 4.69) is 24.1 Å². The Hall–Kier alpha value is -0.640. The molecule has 18 heavy (non-hydrogen) atoms. The van der Waals surface area contributed by atoms with Gasteiger partial charge in [-0.15, -0.1) is 0 Å². The maximum atomic E-state index is 13.0. The molecule has 1 aromatic rings. The quantitative estimate of drug-likeness (QED) is 0.731. The van der Waals surface area contributed by atoms with Crippen molar-refractivity contribution in [2.24, 2.45) is 0 Å². The third-order valence-corrected chi connectivity index (χ3v) is 3.19. The molecule has 1 N–H and O–H groups in total. The van der Waals surface area contributed by atoms with Crippen LogP contribution in [-0.2, 0) is 6.54 Å². The second kappa shape index (κ2) is 8.46. The predicted octanol–water partition coefficient (Wildman–Crippen LogP) is 3.30. The van der Waals surface area contributed by atoms with Gasteiger partial charge in [-0.2, -0.15) is 0 Å². The molecule has 4 heteroatoms. The molecule has 0 saturated carbocycles. The molecule has 0 unspecified atom stereocenters. The average molecular weight is 273 g/mol. The van der Waals surface area contributed by atoms with Crippen molar-refractivity contribution in [3.63, 3.8) is 0 Å². The number of rotatable bonds is 8. The van der Waals surface area contributed by atoms with Gasteiger partial charge in [0.05, 0.1) is 5.02 Å². The summed E-state index contributed by atoms with van der Waals surface area (Å²) in [6.45, 7) is 9.29. The van der Waals surface area contributed by atoms with E-state index in [-0.39, 0.29) is 10.8 Å². The van der Waals surface area contributed by atoms with E-state index in [1.165, 1.54) is 12.5 Å². The summed E-state index contributed by atoms with van der Waals surface area (Å²) in [5.74, 6) is -0.361. The standard InChI is InChI=1S/C14H22ClFN2/c1-3-8-18(4-2)9-7-17-11-12-5-6-14(16)13(15)10-12/h5-6,10,17H,3-4,7-9,11H2,1-2H3. The third kappa shape index (κ3) is 5.34.